The average molecular weight is 310 g/mol. The molecule has 0 spiro atoms. The Morgan fingerprint density at radius 1 is 1.46 bits per heavy atom. The van der Waals surface area contributed by atoms with Gasteiger partial charge in [0.05, 0.1) is 10.2 Å². The third-order valence-electron chi connectivity index (χ3n) is 1.65. The van der Waals surface area contributed by atoms with Crippen LogP contribution in [0.2, 0.25) is 6.04 Å². The van der Waals surface area contributed by atoms with Crippen molar-refractivity contribution in [3.63, 3.8) is 0 Å². The molecular weight excluding hydrogens is 298 g/mol. The summed E-state index contributed by atoms with van der Waals surface area (Å²) in [4.78, 5) is 0. The van der Waals surface area contributed by atoms with Crippen molar-refractivity contribution in [2.45, 2.75) is 12.5 Å². The largest absolute Gasteiger partial charge is 0.492 e. The Bertz CT molecular complexity index is 280. The molecule has 1 aromatic rings. The fourth-order valence-corrected chi connectivity index (χ4v) is 1.69. The number of benzene rings is 1. The van der Waals surface area contributed by atoms with E-state index in [1.165, 1.54) is 28.4 Å². The molecule has 1 aromatic carbocycles. The van der Waals surface area contributed by atoms with Crippen molar-refractivity contribution in [2.24, 2.45) is 0 Å². The minimum absolute atomic E-state index is 0.235. The SMILES string of the molecule is Fc1ccc(I)c(OCCC[SiH3])c1. The van der Waals surface area contributed by atoms with E-state index in [-0.39, 0.29) is 5.82 Å². The van der Waals surface area contributed by atoms with Gasteiger partial charge in [-0.3, -0.25) is 0 Å². The summed E-state index contributed by atoms with van der Waals surface area (Å²) in [7, 11) is 1.21. The highest BCUT2D eigenvalue weighted by Gasteiger charge is 2.01. The molecule has 0 saturated heterocycles. The van der Waals surface area contributed by atoms with Crippen LogP contribution in [0.25, 0.3) is 0 Å². The van der Waals surface area contributed by atoms with Crippen molar-refractivity contribution in [3.8, 4) is 5.75 Å². The Balaban J connectivity index is 2.59. The maximum Gasteiger partial charge on any atom is 0.135 e. The fraction of sp³-hybridized carbons (Fsp3) is 0.333. The van der Waals surface area contributed by atoms with E-state index in [2.05, 4.69) is 22.6 Å². The van der Waals surface area contributed by atoms with Gasteiger partial charge in [-0.25, -0.2) is 4.39 Å². The molecule has 0 saturated carbocycles. The predicted octanol–water partition coefficient (Wildman–Crippen LogP) is 1.98. The van der Waals surface area contributed by atoms with Gasteiger partial charge in [-0.1, -0.05) is 6.04 Å². The van der Waals surface area contributed by atoms with E-state index in [0.717, 1.165) is 9.99 Å². The molecule has 0 heterocycles. The van der Waals surface area contributed by atoms with Gasteiger partial charge >= 0.3 is 0 Å². The predicted molar refractivity (Wildman–Crippen MR) is 64.0 cm³/mol. The minimum atomic E-state index is -0.235. The zero-order valence-electron chi connectivity index (χ0n) is 7.52. The van der Waals surface area contributed by atoms with E-state index in [9.17, 15) is 4.39 Å². The van der Waals surface area contributed by atoms with Crippen LogP contribution >= 0.6 is 22.6 Å². The van der Waals surface area contributed by atoms with Crippen molar-refractivity contribution in [3.05, 3.63) is 27.6 Å². The lowest BCUT2D eigenvalue weighted by Crippen LogP contribution is -1.98. The second kappa shape index (κ2) is 5.59. The molecule has 0 radical (unpaired) electrons. The summed E-state index contributed by atoms with van der Waals surface area (Å²) in [6, 6.07) is 5.84. The quantitative estimate of drug-likeness (QED) is 0.469. The summed E-state index contributed by atoms with van der Waals surface area (Å²) in [6.45, 7) is 0.697. The van der Waals surface area contributed by atoms with Crippen LogP contribution in [0.1, 0.15) is 6.42 Å². The molecule has 0 fully saturated rings. The monoisotopic (exact) mass is 310 g/mol. The van der Waals surface area contributed by atoms with Crippen LogP contribution in [0.3, 0.4) is 0 Å². The first kappa shape index (κ1) is 11.0. The first-order chi connectivity index (χ1) is 6.24. The number of ether oxygens (including phenoxy) is 1. The highest BCUT2D eigenvalue weighted by atomic mass is 127. The normalized spacial score (nSPS) is 10.3. The first-order valence-corrected chi connectivity index (χ1v) is 6.81. The molecule has 0 aliphatic heterocycles. The number of hydrogen-bond acceptors (Lipinski definition) is 1. The Hall–Kier alpha value is -0.103. The molecule has 0 unspecified atom stereocenters. The summed E-state index contributed by atoms with van der Waals surface area (Å²) in [5.74, 6) is 0.428. The summed E-state index contributed by atoms with van der Waals surface area (Å²) in [6.07, 6.45) is 1.07. The van der Waals surface area contributed by atoms with Crippen molar-refractivity contribution in [2.75, 3.05) is 6.61 Å². The molecule has 0 N–H and O–H groups in total. The maximum atomic E-state index is 12.8. The lowest BCUT2D eigenvalue weighted by atomic mass is 10.3. The second-order valence-electron chi connectivity index (χ2n) is 2.78. The fourth-order valence-electron chi connectivity index (χ4n) is 0.914. The minimum Gasteiger partial charge on any atom is -0.492 e. The number of rotatable bonds is 4. The number of halogens is 2. The zero-order chi connectivity index (χ0) is 9.68. The van der Waals surface area contributed by atoms with Crippen molar-refractivity contribution in [1.29, 1.82) is 0 Å². The molecule has 13 heavy (non-hydrogen) atoms. The van der Waals surface area contributed by atoms with Crippen molar-refractivity contribution >= 4 is 32.8 Å². The second-order valence-corrected chi connectivity index (χ2v) is 4.94. The molecule has 0 amide bonds. The van der Waals surface area contributed by atoms with E-state index in [1.54, 1.807) is 6.07 Å². The van der Waals surface area contributed by atoms with Gasteiger partial charge in [0.15, 0.2) is 0 Å². The van der Waals surface area contributed by atoms with Crippen LogP contribution < -0.4 is 4.74 Å². The van der Waals surface area contributed by atoms with Crippen LogP contribution in [0.15, 0.2) is 18.2 Å². The van der Waals surface area contributed by atoms with Crippen molar-refractivity contribution < 1.29 is 9.13 Å². The molecular formula is C9H12FIOSi. The molecule has 1 nitrogen and oxygen atoms in total. The molecule has 0 atom stereocenters. The molecule has 1 rings (SSSR count). The van der Waals surface area contributed by atoms with Crippen LogP contribution in [0, 0.1) is 9.39 Å². The molecule has 0 aliphatic carbocycles. The van der Waals surface area contributed by atoms with Gasteiger partial charge in [-0.15, -0.1) is 0 Å². The topological polar surface area (TPSA) is 9.23 Å². The van der Waals surface area contributed by atoms with E-state index in [4.69, 9.17) is 4.74 Å². The molecule has 0 bridgehead atoms. The molecule has 0 aliphatic rings. The van der Waals surface area contributed by atoms with Gasteiger partial charge in [0.1, 0.15) is 11.6 Å². The Labute approximate surface area is 94.2 Å². The molecule has 72 valence electrons. The van der Waals surface area contributed by atoms with Gasteiger partial charge in [-0.05, 0) is 41.1 Å². The summed E-state index contributed by atoms with van der Waals surface area (Å²) < 4.78 is 19.2. The van der Waals surface area contributed by atoms with E-state index < -0.39 is 0 Å². The van der Waals surface area contributed by atoms with Gasteiger partial charge in [0.25, 0.3) is 0 Å². The van der Waals surface area contributed by atoms with Gasteiger partial charge in [0.2, 0.25) is 0 Å². The third-order valence-corrected chi connectivity index (χ3v) is 3.25. The summed E-state index contributed by atoms with van der Waals surface area (Å²) in [5.41, 5.74) is 0. The summed E-state index contributed by atoms with van der Waals surface area (Å²) >= 11 is 2.15. The van der Waals surface area contributed by atoms with Crippen LogP contribution in [-0.4, -0.2) is 16.8 Å². The first-order valence-electron chi connectivity index (χ1n) is 4.32. The smallest absolute Gasteiger partial charge is 0.135 e. The van der Waals surface area contributed by atoms with Gasteiger partial charge in [0, 0.05) is 16.3 Å². The van der Waals surface area contributed by atoms with E-state index in [0.29, 0.717) is 12.4 Å². The van der Waals surface area contributed by atoms with Crippen molar-refractivity contribution in [1.82, 2.24) is 0 Å². The molecule has 0 aromatic heterocycles. The summed E-state index contributed by atoms with van der Waals surface area (Å²) in [5, 5.41) is 0. The van der Waals surface area contributed by atoms with Gasteiger partial charge < -0.3 is 4.74 Å². The van der Waals surface area contributed by atoms with Crippen LogP contribution in [-0.2, 0) is 0 Å². The number of hydrogen-bond donors (Lipinski definition) is 0. The Kier molecular flexibility index (Phi) is 4.72. The molecule has 4 heteroatoms. The highest BCUT2D eigenvalue weighted by molar-refractivity contribution is 14.1. The maximum absolute atomic E-state index is 12.8. The third kappa shape index (κ3) is 3.64. The average Bonchev–Trinajstić information content (AvgIpc) is 2.11. The zero-order valence-corrected chi connectivity index (χ0v) is 11.7. The Morgan fingerprint density at radius 2 is 2.23 bits per heavy atom. The lowest BCUT2D eigenvalue weighted by molar-refractivity contribution is 0.313. The van der Waals surface area contributed by atoms with E-state index >= 15 is 0 Å². The van der Waals surface area contributed by atoms with Crippen LogP contribution in [0.5, 0.6) is 5.75 Å². The van der Waals surface area contributed by atoms with E-state index in [1.807, 2.05) is 0 Å². The highest BCUT2D eigenvalue weighted by Crippen LogP contribution is 2.21. The van der Waals surface area contributed by atoms with Gasteiger partial charge in [-0.2, -0.15) is 0 Å². The van der Waals surface area contributed by atoms with Crippen LogP contribution in [0.4, 0.5) is 4.39 Å². The Morgan fingerprint density at radius 3 is 2.92 bits per heavy atom. The standard InChI is InChI=1S/C9H12FIOSi/c10-7-2-3-8(11)9(6-7)12-4-1-5-13/h2-3,6H,1,4-5H2,13H3. The lowest BCUT2D eigenvalue weighted by Gasteiger charge is -2.06.